The first-order valence-corrected chi connectivity index (χ1v) is 14.5. The number of nitrogens with one attached hydrogen (secondary N) is 1. The van der Waals surface area contributed by atoms with Gasteiger partial charge in [0.2, 0.25) is 0 Å². The van der Waals surface area contributed by atoms with Gasteiger partial charge in [-0.2, -0.15) is 0 Å². The zero-order chi connectivity index (χ0) is 31.0. The topological polar surface area (TPSA) is 141 Å². The molecule has 0 saturated carbocycles. The number of halogens is 2. The van der Waals surface area contributed by atoms with Crippen LogP contribution in [0.25, 0.3) is 5.69 Å². The van der Waals surface area contributed by atoms with Gasteiger partial charge in [-0.15, -0.1) is 5.10 Å². The Hall–Kier alpha value is -4.81. The quantitative estimate of drug-likeness (QED) is 0.293. The summed E-state index contributed by atoms with van der Waals surface area (Å²) < 4.78 is 15.8. The molecule has 0 spiro atoms. The molecule has 2 amide bonds. The number of hydrogen-bond acceptors (Lipinski definition) is 7. The molecule has 3 N–H and O–H groups in total. The van der Waals surface area contributed by atoms with Gasteiger partial charge >= 0.3 is 5.97 Å². The van der Waals surface area contributed by atoms with Gasteiger partial charge in [0.25, 0.3) is 11.8 Å². The molecule has 1 saturated heterocycles. The predicted octanol–water partition coefficient (Wildman–Crippen LogP) is 4.10. The zero-order valence-electron chi connectivity index (χ0n) is 23.4. The van der Waals surface area contributed by atoms with Crippen LogP contribution in [0.2, 0.25) is 5.02 Å². The molecule has 226 valence electrons. The molecule has 1 fully saturated rings. The van der Waals surface area contributed by atoms with Gasteiger partial charge in [-0.25, -0.2) is 13.9 Å². The summed E-state index contributed by atoms with van der Waals surface area (Å²) in [7, 11) is 0. The summed E-state index contributed by atoms with van der Waals surface area (Å²) in [4.78, 5) is 42.8. The summed E-state index contributed by atoms with van der Waals surface area (Å²) in [6, 6.07) is 14.7. The highest BCUT2D eigenvalue weighted by Gasteiger charge is 2.39. The van der Waals surface area contributed by atoms with Crippen molar-refractivity contribution in [2.75, 3.05) is 29.9 Å². The zero-order valence-corrected chi connectivity index (χ0v) is 24.1. The number of hydrogen-bond donors (Lipinski definition) is 3. The number of amides is 2. The molecule has 0 bridgehead atoms. The molecule has 4 aromatic rings. The van der Waals surface area contributed by atoms with Crippen LogP contribution in [0.1, 0.15) is 50.9 Å². The highest BCUT2D eigenvalue weighted by molar-refractivity contribution is 6.30. The summed E-state index contributed by atoms with van der Waals surface area (Å²) in [5.74, 6) is -2.88. The summed E-state index contributed by atoms with van der Waals surface area (Å²) in [5, 5.41) is 29.9. The lowest BCUT2D eigenvalue weighted by Gasteiger charge is -2.39. The van der Waals surface area contributed by atoms with Crippen molar-refractivity contribution in [1.29, 1.82) is 0 Å². The number of carboxylic acids is 1. The highest BCUT2D eigenvalue weighted by Crippen LogP contribution is 2.38. The molecule has 3 aromatic carbocycles. The van der Waals surface area contributed by atoms with Crippen molar-refractivity contribution in [3.63, 3.8) is 0 Å². The van der Waals surface area contributed by atoms with Gasteiger partial charge in [0.1, 0.15) is 11.7 Å². The number of aliphatic hydroxyl groups is 1. The van der Waals surface area contributed by atoms with E-state index in [0.29, 0.717) is 43.6 Å². The molecular weight excluding hydrogens is 591 g/mol. The maximum absolute atomic E-state index is 14.7. The number of aromatic carboxylic acids is 1. The first-order chi connectivity index (χ1) is 21.2. The standard InChI is InChI=1S/C31H28ClFN6O5/c32-23-4-2-6-26(27(23)33)39-17-24(35-36-39)30(42)38-16-13-21-22(3-1-5-25(21)37-14-11-20(40)12-15-37)28(38)29(41)34-19-9-7-18(8-10-19)31(43)44/h1-10,17,20,28,40H,11-16H2,(H,34,41)(H,43,44)/t28-/m1/s1. The van der Waals surface area contributed by atoms with Crippen LogP contribution in [0, 0.1) is 5.82 Å². The second kappa shape index (κ2) is 12.1. The van der Waals surface area contributed by atoms with Crippen LogP contribution < -0.4 is 10.2 Å². The number of carboxylic acid groups (broad SMARTS) is 1. The first kappa shape index (κ1) is 29.3. The van der Waals surface area contributed by atoms with Gasteiger partial charge in [-0.05, 0) is 72.9 Å². The molecule has 6 rings (SSSR count). The van der Waals surface area contributed by atoms with Crippen molar-refractivity contribution in [2.45, 2.75) is 31.4 Å². The number of aliphatic hydroxyl groups excluding tert-OH is 1. The van der Waals surface area contributed by atoms with Crippen molar-refractivity contribution >= 4 is 40.8 Å². The molecule has 11 nitrogen and oxygen atoms in total. The number of piperidine rings is 1. The van der Waals surface area contributed by atoms with Gasteiger partial charge < -0.3 is 25.3 Å². The highest BCUT2D eigenvalue weighted by atomic mass is 35.5. The summed E-state index contributed by atoms with van der Waals surface area (Å²) in [6.07, 6.45) is 2.67. The molecule has 44 heavy (non-hydrogen) atoms. The third-order valence-electron chi connectivity index (χ3n) is 8.00. The van der Waals surface area contributed by atoms with E-state index in [4.69, 9.17) is 11.6 Å². The first-order valence-electron chi connectivity index (χ1n) is 14.1. The molecule has 0 radical (unpaired) electrons. The fraction of sp³-hybridized carbons (Fsp3) is 0.258. The van der Waals surface area contributed by atoms with E-state index in [0.717, 1.165) is 15.9 Å². The number of fused-ring (bicyclic) bond motifs is 1. The minimum atomic E-state index is -1.09. The van der Waals surface area contributed by atoms with Crippen molar-refractivity contribution < 1.29 is 29.0 Å². The molecule has 0 unspecified atom stereocenters. The lowest BCUT2D eigenvalue weighted by molar-refractivity contribution is -0.121. The SMILES string of the molecule is O=C(O)c1ccc(NC(=O)[C@H]2c3cccc(N4CCC(O)CC4)c3CCN2C(=O)c2cn(-c3cccc(Cl)c3F)nn2)cc1. The van der Waals surface area contributed by atoms with Gasteiger partial charge in [0.15, 0.2) is 11.5 Å². The molecule has 0 aliphatic carbocycles. The molecule has 2 aliphatic rings. The Balaban J connectivity index is 1.35. The van der Waals surface area contributed by atoms with E-state index in [1.54, 1.807) is 6.07 Å². The Bertz CT molecular complexity index is 1740. The minimum Gasteiger partial charge on any atom is -0.478 e. The molecular formula is C31H28ClFN6O5. The average Bonchev–Trinajstić information content (AvgIpc) is 3.52. The van der Waals surface area contributed by atoms with Gasteiger partial charge in [-0.3, -0.25) is 9.59 Å². The lowest BCUT2D eigenvalue weighted by Crippen LogP contribution is -2.46. The molecule has 2 aliphatic heterocycles. The van der Waals surface area contributed by atoms with E-state index < -0.39 is 29.6 Å². The van der Waals surface area contributed by atoms with Crippen LogP contribution in [0.4, 0.5) is 15.8 Å². The van der Waals surface area contributed by atoms with Crippen molar-refractivity contribution in [1.82, 2.24) is 19.9 Å². The number of carbonyl (C=O) groups excluding carboxylic acids is 2. The summed E-state index contributed by atoms with van der Waals surface area (Å²) >= 11 is 5.92. The van der Waals surface area contributed by atoms with Crippen LogP contribution >= 0.6 is 11.6 Å². The normalized spacial score (nSPS) is 16.8. The van der Waals surface area contributed by atoms with Crippen molar-refractivity contribution in [3.8, 4) is 5.69 Å². The number of benzene rings is 3. The second-order valence-electron chi connectivity index (χ2n) is 10.7. The summed E-state index contributed by atoms with van der Waals surface area (Å²) in [6.45, 7) is 1.51. The Kier molecular flexibility index (Phi) is 8.02. The van der Waals surface area contributed by atoms with Crippen LogP contribution in [0.5, 0.6) is 0 Å². The lowest BCUT2D eigenvalue weighted by atomic mass is 9.89. The van der Waals surface area contributed by atoms with Gasteiger partial charge in [0.05, 0.1) is 22.9 Å². The maximum Gasteiger partial charge on any atom is 0.335 e. The van der Waals surface area contributed by atoms with Crippen LogP contribution in [-0.2, 0) is 11.2 Å². The van der Waals surface area contributed by atoms with Crippen LogP contribution in [0.3, 0.4) is 0 Å². The average molecular weight is 619 g/mol. The molecule has 1 atom stereocenters. The van der Waals surface area contributed by atoms with Gasteiger partial charge in [0, 0.05) is 31.0 Å². The third kappa shape index (κ3) is 5.61. The Morgan fingerprint density at radius 2 is 1.66 bits per heavy atom. The maximum atomic E-state index is 14.7. The van der Waals surface area contributed by atoms with E-state index in [1.165, 1.54) is 47.5 Å². The Morgan fingerprint density at radius 3 is 2.39 bits per heavy atom. The number of anilines is 2. The number of rotatable bonds is 6. The van der Waals surface area contributed by atoms with Crippen LogP contribution in [0.15, 0.2) is 66.9 Å². The largest absolute Gasteiger partial charge is 0.478 e. The van der Waals surface area contributed by atoms with E-state index in [2.05, 4.69) is 20.5 Å². The third-order valence-corrected chi connectivity index (χ3v) is 8.29. The fourth-order valence-electron chi connectivity index (χ4n) is 5.76. The Labute approximate surface area is 256 Å². The molecule has 1 aromatic heterocycles. The molecule has 13 heteroatoms. The Morgan fingerprint density at radius 1 is 0.955 bits per heavy atom. The van der Waals surface area contributed by atoms with Crippen molar-refractivity contribution in [2.24, 2.45) is 0 Å². The number of carbonyl (C=O) groups is 3. The fourth-order valence-corrected chi connectivity index (χ4v) is 5.93. The van der Waals surface area contributed by atoms with Crippen LogP contribution in [-0.4, -0.2) is 73.6 Å². The predicted molar refractivity (Wildman–Crippen MR) is 160 cm³/mol. The molecule has 3 heterocycles. The second-order valence-corrected chi connectivity index (χ2v) is 11.1. The number of aromatic nitrogens is 3. The van der Waals surface area contributed by atoms with E-state index in [1.807, 2.05) is 18.2 Å². The number of nitrogens with zero attached hydrogens (tertiary/aromatic N) is 5. The van der Waals surface area contributed by atoms with Gasteiger partial charge in [-0.1, -0.05) is 35.0 Å². The minimum absolute atomic E-state index is 0.0171. The smallest absolute Gasteiger partial charge is 0.335 e. The van der Waals surface area contributed by atoms with Crippen molar-refractivity contribution in [3.05, 3.63) is 100 Å². The summed E-state index contributed by atoms with van der Waals surface area (Å²) in [5.41, 5.74) is 2.88. The van der Waals surface area contributed by atoms with E-state index >= 15 is 0 Å². The monoisotopic (exact) mass is 618 g/mol. The van der Waals surface area contributed by atoms with E-state index in [9.17, 15) is 29.0 Å². The van der Waals surface area contributed by atoms with E-state index in [-0.39, 0.29) is 34.6 Å².